The van der Waals surface area contributed by atoms with E-state index in [0.717, 1.165) is 0 Å². The van der Waals surface area contributed by atoms with Crippen molar-refractivity contribution in [2.45, 2.75) is 0 Å². The third-order valence-electron chi connectivity index (χ3n) is 0. The van der Waals surface area contributed by atoms with E-state index in [0.29, 0.717) is 12.9 Å². The maximum absolute atomic E-state index is 8.24. The van der Waals surface area contributed by atoms with Crippen LogP contribution in [0.4, 0.5) is 0 Å². The molecule has 0 bridgehead atoms. The summed E-state index contributed by atoms with van der Waals surface area (Å²) in [5.41, 5.74) is 0. The van der Waals surface area contributed by atoms with Crippen molar-refractivity contribution >= 4 is 12.9 Å². The first-order chi connectivity index (χ1) is 2.83. The van der Waals surface area contributed by atoms with Crippen molar-refractivity contribution in [2.75, 3.05) is 0 Å². The molecule has 0 aromatic heterocycles. The Bertz CT molecular complexity index is 30.7. The molecule has 0 amide bonds. The van der Waals surface area contributed by atoms with E-state index in [2.05, 4.69) is 0 Å². The Morgan fingerprint density at radius 3 is 1.00 bits per heavy atom. The fourth-order valence-electron chi connectivity index (χ4n) is 0. The molecule has 0 aliphatic rings. The number of rotatable bonds is 0. The van der Waals surface area contributed by atoms with E-state index in [1.54, 1.807) is 0 Å². The maximum Gasteiger partial charge on any atom is 2.00 e. The molecule has 0 heterocycles. The summed E-state index contributed by atoms with van der Waals surface area (Å²) in [4.78, 5) is 16.5. The van der Waals surface area contributed by atoms with Crippen LogP contribution in [0.25, 0.3) is 0 Å². The van der Waals surface area contributed by atoms with Crippen LogP contribution in [0.3, 0.4) is 0 Å². The molecule has 0 aromatic carbocycles. The molecule has 0 atom stereocenters. The second-order valence-electron chi connectivity index (χ2n) is 0.183. The molecular formula is C2H2O4Rh. The molecule has 7 heavy (non-hydrogen) atoms. The Hall–Kier alpha value is -0.437. The Balaban J connectivity index is -0.0000000400. The summed E-state index contributed by atoms with van der Waals surface area (Å²) in [6, 6.07) is 0. The SMILES string of the molecule is O=[C-]O.O=[C-]O.[Rh+2]. The van der Waals surface area contributed by atoms with Gasteiger partial charge in [-0.3, -0.25) is 0 Å². The van der Waals surface area contributed by atoms with Crippen LogP contribution >= 0.6 is 0 Å². The van der Waals surface area contributed by atoms with Crippen LogP contribution in [-0.4, -0.2) is 23.2 Å². The molecule has 0 aliphatic carbocycles. The van der Waals surface area contributed by atoms with Gasteiger partial charge in [-0.25, -0.2) is 0 Å². The summed E-state index contributed by atoms with van der Waals surface area (Å²) >= 11 is 0. The molecule has 1 radical (unpaired) electrons. The quantitative estimate of drug-likeness (QED) is 0.391. The molecule has 0 rings (SSSR count). The Kier molecular flexibility index (Phi) is 108. The summed E-state index contributed by atoms with van der Waals surface area (Å²) in [5.74, 6) is 0. The normalized spacial score (nSPS) is 3.43. The Morgan fingerprint density at radius 1 is 1.00 bits per heavy atom. The molecule has 0 saturated heterocycles. The molecule has 2 N–H and O–H groups in total. The van der Waals surface area contributed by atoms with E-state index in [4.69, 9.17) is 19.8 Å². The largest absolute Gasteiger partial charge is 2.00 e. The fourth-order valence-corrected chi connectivity index (χ4v) is 0. The van der Waals surface area contributed by atoms with E-state index in [1.165, 1.54) is 0 Å². The third-order valence-corrected chi connectivity index (χ3v) is 0. The van der Waals surface area contributed by atoms with E-state index >= 15 is 0 Å². The van der Waals surface area contributed by atoms with Gasteiger partial charge >= 0.3 is 19.5 Å². The second-order valence-corrected chi connectivity index (χ2v) is 0.183. The molecule has 0 aliphatic heterocycles. The van der Waals surface area contributed by atoms with Crippen molar-refractivity contribution in [2.24, 2.45) is 0 Å². The summed E-state index contributed by atoms with van der Waals surface area (Å²) in [5, 5.41) is 13.5. The van der Waals surface area contributed by atoms with Crippen LogP contribution in [-0.2, 0) is 29.1 Å². The molecule has 0 saturated carbocycles. The zero-order valence-electron chi connectivity index (χ0n) is 3.04. The van der Waals surface area contributed by atoms with Crippen molar-refractivity contribution in [3.63, 3.8) is 0 Å². The van der Waals surface area contributed by atoms with E-state index in [-0.39, 0.29) is 19.5 Å². The van der Waals surface area contributed by atoms with Gasteiger partial charge in [0.1, 0.15) is 0 Å². The summed E-state index contributed by atoms with van der Waals surface area (Å²) in [6.45, 7) is 1.00. The van der Waals surface area contributed by atoms with E-state index in [9.17, 15) is 0 Å². The van der Waals surface area contributed by atoms with Crippen molar-refractivity contribution in [1.82, 2.24) is 0 Å². The zero-order chi connectivity index (χ0) is 5.41. The van der Waals surface area contributed by atoms with Crippen LogP contribution in [0.2, 0.25) is 0 Å². The predicted molar refractivity (Wildman–Crippen MR) is 16.6 cm³/mol. The molecule has 0 spiro atoms. The summed E-state index contributed by atoms with van der Waals surface area (Å²) < 4.78 is 0. The van der Waals surface area contributed by atoms with Crippen LogP contribution < -0.4 is 0 Å². The molecular weight excluding hydrogens is 191 g/mol. The van der Waals surface area contributed by atoms with Gasteiger partial charge in [0.15, 0.2) is 0 Å². The number of aliphatic hydroxyl groups excluding tert-OH is 2. The first-order valence-corrected chi connectivity index (χ1v) is 0.855. The minimum absolute atomic E-state index is 0. The van der Waals surface area contributed by atoms with Crippen LogP contribution in [0.15, 0.2) is 0 Å². The van der Waals surface area contributed by atoms with Crippen molar-refractivity contribution in [3.8, 4) is 0 Å². The van der Waals surface area contributed by atoms with Crippen molar-refractivity contribution in [3.05, 3.63) is 0 Å². The average Bonchev–Trinajstić information content (AvgIpc) is 1.39. The van der Waals surface area contributed by atoms with Crippen molar-refractivity contribution in [1.29, 1.82) is 0 Å². The fraction of sp³-hybridized carbons (Fsp3) is 0. The standard InChI is InChI=1S/2CHO2.Rh/c2*2-1-3;/h2*(H,2,3);/q2*-1;+2. The number of hydrogen-bond acceptors (Lipinski definition) is 2. The maximum atomic E-state index is 8.24. The van der Waals surface area contributed by atoms with Gasteiger partial charge in [-0.15, -0.1) is 0 Å². The van der Waals surface area contributed by atoms with Gasteiger partial charge in [0.2, 0.25) is 0 Å². The van der Waals surface area contributed by atoms with Gasteiger partial charge in [-0.1, -0.05) is 12.9 Å². The topological polar surface area (TPSA) is 74.6 Å². The van der Waals surface area contributed by atoms with E-state index in [1.807, 2.05) is 0 Å². The zero-order valence-corrected chi connectivity index (χ0v) is 4.68. The minimum atomic E-state index is 0. The summed E-state index contributed by atoms with van der Waals surface area (Å²) in [6.07, 6.45) is 0. The molecule has 0 unspecified atom stereocenters. The van der Waals surface area contributed by atoms with Crippen LogP contribution in [0, 0.1) is 0 Å². The summed E-state index contributed by atoms with van der Waals surface area (Å²) in [7, 11) is 0. The molecule has 43 valence electrons. The van der Waals surface area contributed by atoms with Gasteiger partial charge < -0.3 is 19.8 Å². The first kappa shape index (κ1) is 16.0. The molecule has 5 heteroatoms. The Morgan fingerprint density at radius 2 is 1.00 bits per heavy atom. The molecule has 0 aromatic rings. The average molecular weight is 193 g/mol. The van der Waals surface area contributed by atoms with Gasteiger partial charge in [0.05, 0.1) is 0 Å². The smallest absolute Gasteiger partial charge is 0.665 e. The second kappa shape index (κ2) is 47.4. The van der Waals surface area contributed by atoms with Gasteiger partial charge in [-0.05, 0) is 0 Å². The minimum Gasteiger partial charge on any atom is -0.665 e. The monoisotopic (exact) mass is 193 g/mol. The molecule has 4 nitrogen and oxygen atoms in total. The van der Waals surface area contributed by atoms with Gasteiger partial charge in [-0.2, -0.15) is 0 Å². The van der Waals surface area contributed by atoms with E-state index < -0.39 is 0 Å². The molecule has 0 fully saturated rings. The predicted octanol–water partition coefficient (Wildman–Crippen LogP) is -0.779. The van der Waals surface area contributed by atoms with Crippen LogP contribution in [0.5, 0.6) is 0 Å². The number of hydrogen-bond donors (Lipinski definition) is 2. The third kappa shape index (κ3) is 371. The Labute approximate surface area is 52.9 Å². The van der Waals surface area contributed by atoms with Crippen molar-refractivity contribution < 1.29 is 39.3 Å². The van der Waals surface area contributed by atoms with Crippen LogP contribution in [0.1, 0.15) is 0 Å². The van der Waals surface area contributed by atoms with Gasteiger partial charge in [0.25, 0.3) is 0 Å². The van der Waals surface area contributed by atoms with Gasteiger partial charge in [0, 0.05) is 0 Å². The first-order valence-electron chi connectivity index (χ1n) is 0.855.